The van der Waals surface area contributed by atoms with Gasteiger partial charge in [-0.2, -0.15) is 13.2 Å². The third-order valence-electron chi connectivity index (χ3n) is 5.31. The second kappa shape index (κ2) is 9.86. The molecule has 3 aromatic rings. The maximum Gasteiger partial charge on any atom is 0.426 e. The number of carboxylic acids is 1. The Hall–Kier alpha value is -3.37. The number of nitrogens with zero attached hydrogens (tertiary/aromatic N) is 1. The van der Waals surface area contributed by atoms with Crippen LogP contribution in [0.25, 0.3) is 11.1 Å². The molecule has 2 heterocycles. The minimum Gasteiger partial charge on any atom is -0.488 e. The van der Waals surface area contributed by atoms with Gasteiger partial charge in [0.25, 0.3) is 0 Å². The zero-order valence-corrected chi connectivity index (χ0v) is 18.7. The molecule has 0 fully saturated rings. The first-order chi connectivity index (χ1) is 16.2. The largest absolute Gasteiger partial charge is 0.488 e. The van der Waals surface area contributed by atoms with E-state index < -0.39 is 17.0 Å². The predicted molar refractivity (Wildman–Crippen MR) is 122 cm³/mol. The Balaban J connectivity index is 1.45. The molecular formula is C24H21F3N2O4S. The number of rotatable bonds is 8. The van der Waals surface area contributed by atoms with Crippen molar-refractivity contribution in [3.8, 4) is 16.9 Å². The number of hydrogen-bond donors (Lipinski definition) is 2. The lowest BCUT2D eigenvalue weighted by atomic mass is 10.1. The standard InChI is InChI=1S/C24H21F3N2O4S/c25-24(26,27)23-19(15-4-2-1-3-5-15)11-18(34-23)14-33-17-6-7-20-16(10-17)8-9-29(20)21(30)12-28-13-22(31)32/h1-7,10-11,28H,8-9,12-14H2,(H,31,32). The lowest BCUT2D eigenvalue weighted by Crippen LogP contribution is -2.38. The molecule has 1 aromatic heterocycles. The van der Waals surface area contributed by atoms with Gasteiger partial charge in [0.15, 0.2) is 0 Å². The fourth-order valence-electron chi connectivity index (χ4n) is 3.81. The van der Waals surface area contributed by atoms with Gasteiger partial charge in [-0.1, -0.05) is 30.3 Å². The summed E-state index contributed by atoms with van der Waals surface area (Å²) in [6.07, 6.45) is -3.86. The molecule has 0 radical (unpaired) electrons. The highest BCUT2D eigenvalue weighted by Gasteiger charge is 2.36. The maximum atomic E-state index is 13.6. The monoisotopic (exact) mass is 490 g/mol. The molecule has 2 aromatic carbocycles. The molecule has 0 saturated heterocycles. The average Bonchev–Trinajstić information content (AvgIpc) is 3.42. The zero-order chi connectivity index (χ0) is 24.3. The average molecular weight is 491 g/mol. The molecule has 0 bridgehead atoms. The topological polar surface area (TPSA) is 78.9 Å². The lowest BCUT2D eigenvalue weighted by Gasteiger charge is -2.17. The number of carboxylic acid groups (broad SMARTS) is 1. The summed E-state index contributed by atoms with van der Waals surface area (Å²) in [6.45, 7) is 0.0609. The number of hydrogen-bond acceptors (Lipinski definition) is 5. The molecule has 1 aliphatic heterocycles. The molecule has 1 aliphatic rings. The van der Waals surface area contributed by atoms with Crippen molar-refractivity contribution in [2.45, 2.75) is 19.2 Å². The summed E-state index contributed by atoms with van der Waals surface area (Å²) in [6, 6.07) is 15.1. The van der Waals surface area contributed by atoms with E-state index in [0.29, 0.717) is 40.5 Å². The van der Waals surface area contributed by atoms with Gasteiger partial charge in [0.1, 0.15) is 17.2 Å². The van der Waals surface area contributed by atoms with Crippen LogP contribution in [0, 0.1) is 0 Å². The van der Waals surface area contributed by atoms with Gasteiger partial charge < -0.3 is 14.7 Å². The number of amides is 1. The van der Waals surface area contributed by atoms with Gasteiger partial charge in [-0.05, 0) is 41.8 Å². The van der Waals surface area contributed by atoms with E-state index >= 15 is 0 Å². The van der Waals surface area contributed by atoms with Crippen molar-refractivity contribution < 1.29 is 32.6 Å². The van der Waals surface area contributed by atoms with Crippen molar-refractivity contribution in [3.05, 3.63) is 69.9 Å². The number of benzene rings is 2. The van der Waals surface area contributed by atoms with Crippen LogP contribution in [0.3, 0.4) is 0 Å². The van der Waals surface area contributed by atoms with E-state index in [0.717, 1.165) is 11.3 Å². The quantitative estimate of drug-likeness (QED) is 0.484. The van der Waals surface area contributed by atoms with Gasteiger partial charge in [0.05, 0.1) is 13.1 Å². The highest BCUT2D eigenvalue weighted by Crippen LogP contribution is 2.43. The number of carbonyl (C=O) groups excluding carboxylic acids is 1. The van der Waals surface area contributed by atoms with Crippen LogP contribution in [0.4, 0.5) is 18.9 Å². The predicted octanol–water partition coefficient (Wildman–Crippen LogP) is 4.58. The Kier molecular flexibility index (Phi) is 6.90. The van der Waals surface area contributed by atoms with Crippen molar-refractivity contribution in [3.63, 3.8) is 0 Å². The smallest absolute Gasteiger partial charge is 0.426 e. The molecule has 0 atom stereocenters. The minimum atomic E-state index is -4.46. The van der Waals surface area contributed by atoms with Crippen molar-refractivity contribution in [1.82, 2.24) is 5.32 Å². The van der Waals surface area contributed by atoms with E-state index in [1.165, 1.54) is 6.07 Å². The number of thiophene rings is 1. The van der Waals surface area contributed by atoms with Crippen molar-refractivity contribution in [1.29, 1.82) is 0 Å². The van der Waals surface area contributed by atoms with E-state index in [1.807, 2.05) is 0 Å². The van der Waals surface area contributed by atoms with Gasteiger partial charge in [-0.15, -0.1) is 11.3 Å². The van der Waals surface area contributed by atoms with Crippen LogP contribution in [0.15, 0.2) is 54.6 Å². The number of halogens is 3. The summed E-state index contributed by atoms with van der Waals surface area (Å²) >= 11 is 0.668. The summed E-state index contributed by atoms with van der Waals surface area (Å²) in [4.78, 5) is 24.3. The third kappa shape index (κ3) is 5.40. The number of carbonyl (C=O) groups is 2. The van der Waals surface area contributed by atoms with Crippen molar-refractivity contribution >= 4 is 28.9 Å². The van der Waals surface area contributed by atoms with Crippen molar-refractivity contribution in [2.75, 3.05) is 24.5 Å². The highest BCUT2D eigenvalue weighted by molar-refractivity contribution is 7.12. The molecule has 178 valence electrons. The SMILES string of the molecule is O=C(O)CNCC(=O)N1CCc2cc(OCc3cc(-c4ccccc4)c(C(F)(F)F)s3)ccc21. The Morgan fingerprint density at radius 3 is 2.56 bits per heavy atom. The second-order valence-corrected chi connectivity index (χ2v) is 8.83. The van der Waals surface area contributed by atoms with Crippen LogP contribution in [-0.4, -0.2) is 36.6 Å². The fourth-order valence-corrected chi connectivity index (χ4v) is 4.77. The number of ether oxygens (including phenoxy) is 1. The summed E-state index contributed by atoms with van der Waals surface area (Å²) in [5.41, 5.74) is 2.24. The molecule has 6 nitrogen and oxygen atoms in total. The number of nitrogens with one attached hydrogen (secondary N) is 1. The lowest BCUT2D eigenvalue weighted by molar-refractivity contribution is -0.136. The minimum absolute atomic E-state index is 0.0128. The van der Waals surface area contributed by atoms with Gasteiger partial charge >= 0.3 is 12.1 Å². The number of fused-ring (bicyclic) bond motifs is 1. The van der Waals surface area contributed by atoms with E-state index in [2.05, 4.69) is 5.32 Å². The van der Waals surface area contributed by atoms with Gasteiger partial charge in [0.2, 0.25) is 5.91 Å². The second-order valence-electron chi connectivity index (χ2n) is 7.69. The first-order valence-corrected chi connectivity index (χ1v) is 11.3. The molecule has 4 rings (SSSR count). The summed E-state index contributed by atoms with van der Waals surface area (Å²) in [5, 5.41) is 11.2. The van der Waals surface area contributed by atoms with Gasteiger partial charge in [0, 0.05) is 22.7 Å². The van der Waals surface area contributed by atoms with E-state index in [9.17, 15) is 22.8 Å². The summed E-state index contributed by atoms with van der Waals surface area (Å²) < 4.78 is 46.5. The van der Waals surface area contributed by atoms with Crippen LogP contribution in [-0.2, 0) is 28.8 Å². The Bertz CT molecular complexity index is 1190. The Morgan fingerprint density at radius 2 is 1.85 bits per heavy atom. The molecule has 1 amide bonds. The molecule has 0 aliphatic carbocycles. The molecule has 10 heteroatoms. The Morgan fingerprint density at radius 1 is 1.09 bits per heavy atom. The first kappa shape index (κ1) is 23.8. The molecule has 0 spiro atoms. The Labute approximate surface area is 197 Å². The third-order valence-corrected chi connectivity index (χ3v) is 6.46. The van der Waals surface area contributed by atoms with E-state index in [1.54, 1.807) is 53.4 Å². The van der Waals surface area contributed by atoms with Gasteiger partial charge in [-0.25, -0.2) is 0 Å². The molecular weight excluding hydrogens is 469 g/mol. The van der Waals surface area contributed by atoms with Crippen LogP contribution in [0.1, 0.15) is 15.3 Å². The molecule has 0 unspecified atom stereocenters. The number of alkyl halides is 3. The molecule has 2 N–H and O–H groups in total. The molecule has 34 heavy (non-hydrogen) atoms. The van der Waals surface area contributed by atoms with Crippen molar-refractivity contribution in [2.24, 2.45) is 0 Å². The number of anilines is 1. The van der Waals surface area contributed by atoms with Gasteiger partial charge in [-0.3, -0.25) is 14.9 Å². The van der Waals surface area contributed by atoms with Crippen LogP contribution in [0.2, 0.25) is 0 Å². The van der Waals surface area contributed by atoms with E-state index in [4.69, 9.17) is 9.84 Å². The molecule has 0 saturated carbocycles. The summed E-state index contributed by atoms with van der Waals surface area (Å²) in [7, 11) is 0. The first-order valence-electron chi connectivity index (χ1n) is 10.5. The fraction of sp³-hybridized carbons (Fsp3) is 0.250. The zero-order valence-electron chi connectivity index (χ0n) is 17.9. The highest BCUT2D eigenvalue weighted by atomic mass is 32.1. The van der Waals surface area contributed by atoms with Crippen LogP contribution in [0.5, 0.6) is 5.75 Å². The summed E-state index contributed by atoms with van der Waals surface area (Å²) in [5.74, 6) is -0.777. The van der Waals surface area contributed by atoms with Crippen LogP contribution < -0.4 is 15.0 Å². The maximum absolute atomic E-state index is 13.6. The number of aliphatic carboxylic acids is 1. The van der Waals surface area contributed by atoms with Crippen LogP contribution >= 0.6 is 11.3 Å². The normalized spacial score (nSPS) is 13.1. The van der Waals surface area contributed by atoms with E-state index in [-0.39, 0.29) is 31.2 Å².